The van der Waals surface area contributed by atoms with Crippen molar-refractivity contribution in [2.24, 2.45) is 11.3 Å². The lowest BCUT2D eigenvalue weighted by Gasteiger charge is -2.39. The molecule has 134 valence electrons. The zero-order chi connectivity index (χ0) is 17.6. The molecule has 2 fully saturated rings. The monoisotopic (exact) mass is 346 g/mol. The molecule has 7 nitrogen and oxygen atoms in total. The molecule has 2 atom stereocenters. The van der Waals surface area contributed by atoms with Crippen LogP contribution < -0.4 is 9.47 Å². The van der Waals surface area contributed by atoms with E-state index < -0.39 is 11.4 Å². The molecule has 25 heavy (non-hydrogen) atoms. The minimum atomic E-state index is -0.836. The van der Waals surface area contributed by atoms with Crippen LogP contribution in [-0.4, -0.2) is 66.8 Å². The minimum absolute atomic E-state index is 0.0295. The first kappa shape index (κ1) is 16.2. The van der Waals surface area contributed by atoms with Gasteiger partial charge in [0.1, 0.15) is 5.41 Å². The fourth-order valence-corrected chi connectivity index (χ4v) is 4.30. The standard InChI is InChI=1S/C18H22N2O5/c1-19-5-4-13-8-20(10-18(13,9-19)17(22)23)16(21)7-12-2-3-14-15(6-12)25-11-24-14/h2-3,6,13H,4-5,7-11H2,1H3,(H,22,23)/t13-,18-/m0/s1. The van der Waals surface area contributed by atoms with Crippen LogP contribution in [0, 0.1) is 11.3 Å². The summed E-state index contributed by atoms with van der Waals surface area (Å²) in [6, 6.07) is 5.49. The van der Waals surface area contributed by atoms with Crippen molar-refractivity contribution in [3.63, 3.8) is 0 Å². The Hall–Kier alpha value is -2.28. The van der Waals surface area contributed by atoms with Crippen molar-refractivity contribution in [3.05, 3.63) is 23.8 Å². The third kappa shape index (κ3) is 2.72. The number of ether oxygens (including phenoxy) is 2. The zero-order valence-corrected chi connectivity index (χ0v) is 14.2. The third-order valence-corrected chi connectivity index (χ3v) is 5.68. The highest BCUT2D eigenvalue weighted by atomic mass is 16.7. The molecule has 0 unspecified atom stereocenters. The molecule has 1 aromatic carbocycles. The highest BCUT2D eigenvalue weighted by Gasteiger charge is 2.55. The summed E-state index contributed by atoms with van der Waals surface area (Å²) in [5.74, 6) is 0.557. The number of amides is 1. The van der Waals surface area contributed by atoms with Gasteiger partial charge in [0.25, 0.3) is 0 Å². The highest BCUT2D eigenvalue weighted by molar-refractivity contribution is 5.83. The van der Waals surface area contributed by atoms with Crippen LogP contribution in [0.15, 0.2) is 18.2 Å². The third-order valence-electron chi connectivity index (χ3n) is 5.68. The number of carboxylic acids is 1. The van der Waals surface area contributed by atoms with Gasteiger partial charge in [-0.15, -0.1) is 0 Å². The first-order valence-electron chi connectivity index (χ1n) is 8.56. The molecule has 1 aromatic rings. The molecule has 1 amide bonds. The van der Waals surface area contributed by atoms with Gasteiger partial charge in [-0.2, -0.15) is 0 Å². The predicted molar refractivity (Wildman–Crippen MR) is 88.5 cm³/mol. The average Bonchev–Trinajstić information content (AvgIpc) is 3.18. The molecule has 0 aliphatic carbocycles. The summed E-state index contributed by atoms with van der Waals surface area (Å²) < 4.78 is 10.6. The number of likely N-dealkylation sites (tertiary alicyclic amines) is 2. The van der Waals surface area contributed by atoms with Crippen LogP contribution in [0.2, 0.25) is 0 Å². The average molecular weight is 346 g/mol. The molecule has 7 heteroatoms. The zero-order valence-electron chi connectivity index (χ0n) is 14.2. The normalized spacial score (nSPS) is 28.0. The lowest BCUT2D eigenvalue weighted by atomic mass is 9.73. The largest absolute Gasteiger partial charge is 0.481 e. The topological polar surface area (TPSA) is 79.3 Å². The molecule has 3 aliphatic heterocycles. The highest BCUT2D eigenvalue weighted by Crippen LogP contribution is 2.42. The van der Waals surface area contributed by atoms with Crippen molar-refractivity contribution < 1.29 is 24.2 Å². The van der Waals surface area contributed by atoms with E-state index in [9.17, 15) is 14.7 Å². The molecule has 0 spiro atoms. The van der Waals surface area contributed by atoms with E-state index in [-0.39, 0.29) is 25.0 Å². The van der Waals surface area contributed by atoms with Crippen LogP contribution in [-0.2, 0) is 16.0 Å². The summed E-state index contributed by atoms with van der Waals surface area (Å²) in [6.07, 6.45) is 1.06. The van der Waals surface area contributed by atoms with Crippen LogP contribution in [0.25, 0.3) is 0 Å². The predicted octanol–water partition coefficient (Wildman–Crippen LogP) is 0.823. The maximum Gasteiger partial charge on any atom is 0.313 e. The lowest BCUT2D eigenvalue weighted by molar-refractivity contribution is -0.154. The molecular weight excluding hydrogens is 324 g/mol. The van der Waals surface area contributed by atoms with Crippen LogP contribution in [0.5, 0.6) is 11.5 Å². The van der Waals surface area contributed by atoms with Gasteiger partial charge in [-0.3, -0.25) is 9.59 Å². The van der Waals surface area contributed by atoms with Crippen molar-refractivity contribution in [2.75, 3.05) is 40.0 Å². The van der Waals surface area contributed by atoms with Crippen molar-refractivity contribution in [1.29, 1.82) is 0 Å². The summed E-state index contributed by atoms with van der Waals surface area (Å²) in [5.41, 5.74) is 0.0167. The Morgan fingerprint density at radius 2 is 2.08 bits per heavy atom. The first-order chi connectivity index (χ1) is 12.0. The molecule has 3 heterocycles. The van der Waals surface area contributed by atoms with E-state index in [1.54, 1.807) is 4.90 Å². The number of aliphatic carboxylic acids is 1. The molecular formula is C18H22N2O5. The van der Waals surface area contributed by atoms with E-state index in [2.05, 4.69) is 4.90 Å². The smallest absolute Gasteiger partial charge is 0.313 e. The Labute approximate surface area is 146 Å². The maximum absolute atomic E-state index is 12.8. The number of carbonyl (C=O) groups excluding carboxylic acids is 1. The van der Waals surface area contributed by atoms with E-state index >= 15 is 0 Å². The number of nitrogens with zero attached hydrogens (tertiary/aromatic N) is 2. The summed E-state index contributed by atoms with van der Waals surface area (Å²) >= 11 is 0. The molecule has 3 aliphatic rings. The quantitative estimate of drug-likeness (QED) is 0.873. The van der Waals surface area contributed by atoms with Crippen LogP contribution in [0.4, 0.5) is 0 Å². The summed E-state index contributed by atoms with van der Waals surface area (Å²) in [7, 11) is 1.94. The van der Waals surface area contributed by atoms with Gasteiger partial charge in [0.05, 0.1) is 6.42 Å². The van der Waals surface area contributed by atoms with Gasteiger partial charge < -0.3 is 24.4 Å². The second kappa shape index (κ2) is 5.91. The Morgan fingerprint density at radius 1 is 1.28 bits per heavy atom. The second-order valence-electron chi connectivity index (χ2n) is 7.32. The number of fused-ring (bicyclic) bond motifs is 2. The van der Waals surface area contributed by atoms with Crippen molar-refractivity contribution in [3.8, 4) is 11.5 Å². The van der Waals surface area contributed by atoms with Gasteiger partial charge >= 0.3 is 5.97 Å². The number of carboxylic acid groups (broad SMARTS) is 1. The molecule has 1 N–H and O–H groups in total. The van der Waals surface area contributed by atoms with Crippen LogP contribution in [0.1, 0.15) is 12.0 Å². The SMILES string of the molecule is CN1CC[C@H]2CN(C(=O)Cc3ccc4c(c3)OCO4)C[C@@]2(C(=O)O)C1. The number of hydrogen-bond donors (Lipinski definition) is 1. The number of rotatable bonds is 3. The molecule has 4 rings (SSSR count). The van der Waals surface area contributed by atoms with E-state index in [1.165, 1.54) is 0 Å². The van der Waals surface area contributed by atoms with Gasteiger partial charge in [0, 0.05) is 19.6 Å². The Kier molecular flexibility index (Phi) is 3.83. The maximum atomic E-state index is 12.8. The summed E-state index contributed by atoms with van der Waals surface area (Å²) in [5, 5.41) is 9.82. The van der Waals surface area contributed by atoms with Gasteiger partial charge in [-0.1, -0.05) is 6.07 Å². The summed E-state index contributed by atoms with van der Waals surface area (Å²) in [4.78, 5) is 28.5. The molecule has 0 aromatic heterocycles. The number of benzene rings is 1. The van der Waals surface area contributed by atoms with Gasteiger partial charge in [-0.25, -0.2) is 0 Å². The number of hydrogen-bond acceptors (Lipinski definition) is 5. The Bertz CT molecular complexity index is 721. The van der Waals surface area contributed by atoms with E-state index in [4.69, 9.17) is 9.47 Å². The van der Waals surface area contributed by atoms with Crippen LogP contribution in [0.3, 0.4) is 0 Å². The Balaban J connectivity index is 1.49. The van der Waals surface area contributed by atoms with E-state index in [0.29, 0.717) is 31.1 Å². The minimum Gasteiger partial charge on any atom is -0.481 e. The molecule has 2 saturated heterocycles. The molecule has 0 radical (unpaired) electrons. The van der Waals surface area contributed by atoms with Gasteiger partial charge in [-0.05, 0) is 43.6 Å². The lowest BCUT2D eigenvalue weighted by Crippen LogP contribution is -2.52. The van der Waals surface area contributed by atoms with Crippen LogP contribution >= 0.6 is 0 Å². The fourth-order valence-electron chi connectivity index (χ4n) is 4.30. The first-order valence-corrected chi connectivity index (χ1v) is 8.56. The number of piperidine rings is 1. The van der Waals surface area contributed by atoms with Crippen molar-refractivity contribution >= 4 is 11.9 Å². The summed E-state index contributed by atoms with van der Waals surface area (Å²) in [6.45, 7) is 2.41. The second-order valence-corrected chi connectivity index (χ2v) is 7.32. The van der Waals surface area contributed by atoms with Crippen molar-refractivity contribution in [1.82, 2.24) is 9.80 Å². The molecule has 0 saturated carbocycles. The number of carbonyl (C=O) groups is 2. The van der Waals surface area contributed by atoms with E-state index in [1.807, 2.05) is 25.2 Å². The Morgan fingerprint density at radius 3 is 2.88 bits per heavy atom. The van der Waals surface area contributed by atoms with Crippen molar-refractivity contribution in [2.45, 2.75) is 12.8 Å². The van der Waals surface area contributed by atoms with Gasteiger partial charge in [0.2, 0.25) is 12.7 Å². The van der Waals surface area contributed by atoms with E-state index in [0.717, 1.165) is 18.5 Å². The molecule has 0 bridgehead atoms. The fraction of sp³-hybridized carbons (Fsp3) is 0.556. The van der Waals surface area contributed by atoms with Gasteiger partial charge in [0.15, 0.2) is 11.5 Å².